The Bertz CT molecular complexity index is 1910. The van der Waals surface area contributed by atoms with Crippen molar-refractivity contribution in [3.63, 3.8) is 0 Å². The summed E-state index contributed by atoms with van der Waals surface area (Å²) in [6, 6.07) is 10.3. The van der Waals surface area contributed by atoms with E-state index < -0.39 is 71.5 Å². The average molecular weight is 716 g/mol. The van der Waals surface area contributed by atoms with Crippen molar-refractivity contribution in [2.75, 3.05) is 11.9 Å². The van der Waals surface area contributed by atoms with E-state index in [9.17, 15) is 42.3 Å². The molecule has 49 heavy (non-hydrogen) atoms. The van der Waals surface area contributed by atoms with Crippen LogP contribution < -0.4 is 14.9 Å². The number of nitrogens with one attached hydrogen (secondary N) is 2. The maximum absolute atomic E-state index is 14.0. The van der Waals surface area contributed by atoms with Crippen molar-refractivity contribution in [3.8, 4) is 5.75 Å². The van der Waals surface area contributed by atoms with Gasteiger partial charge in [-0.15, -0.1) is 11.8 Å². The Labute approximate surface area is 286 Å². The first-order valence-electron chi connectivity index (χ1n) is 15.9. The van der Waals surface area contributed by atoms with E-state index in [0.29, 0.717) is 22.8 Å². The number of anilines is 1. The van der Waals surface area contributed by atoms with Crippen molar-refractivity contribution in [2.45, 2.75) is 55.1 Å². The van der Waals surface area contributed by atoms with E-state index in [1.54, 1.807) is 24.3 Å². The molecule has 3 heterocycles. The van der Waals surface area contributed by atoms with Crippen LogP contribution in [0.4, 0.5) is 18.9 Å². The molecule has 0 radical (unpaired) electrons. The number of carbonyl (C=O) groups is 4. The Morgan fingerprint density at radius 3 is 2.41 bits per heavy atom. The molecular weight excluding hydrogens is 684 g/mol. The number of hydrogen-bond acceptors (Lipinski definition) is 8. The van der Waals surface area contributed by atoms with Crippen LogP contribution in [-0.4, -0.2) is 56.6 Å². The number of H-pyrrole nitrogens is 1. The number of para-hydroxylation sites is 2. The molecule has 1 aromatic heterocycles. The van der Waals surface area contributed by atoms with E-state index in [2.05, 4.69) is 10.3 Å². The number of thiazole rings is 1. The van der Waals surface area contributed by atoms with Crippen LogP contribution in [0.1, 0.15) is 48.6 Å². The van der Waals surface area contributed by atoms with Gasteiger partial charge in [0.2, 0.25) is 11.8 Å². The quantitative estimate of drug-likeness (QED) is 0.248. The summed E-state index contributed by atoms with van der Waals surface area (Å²) in [5.74, 6) is -5.25. The number of amides is 3. The summed E-state index contributed by atoms with van der Waals surface area (Å²) in [6.07, 6.45) is -3.94. The summed E-state index contributed by atoms with van der Waals surface area (Å²) in [7, 11) is 0. The van der Waals surface area contributed by atoms with E-state index in [1.165, 1.54) is 23.9 Å². The van der Waals surface area contributed by atoms with Crippen LogP contribution in [0.25, 0.3) is 0 Å². The highest BCUT2D eigenvalue weighted by Gasteiger charge is 2.70. The first-order valence-corrected chi connectivity index (χ1v) is 17.6. The number of carbonyl (C=O) groups excluding carboxylic acids is 3. The van der Waals surface area contributed by atoms with Crippen LogP contribution in [-0.2, 0) is 25.4 Å². The second-order valence-electron chi connectivity index (χ2n) is 13.4. The Balaban J connectivity index is 1.20. The van der Waals surface area contributed by atoms with Gasteiger partial charge >= 0.3 is 17.0 Å². The minimum absolute atomic E-state index is 0.0628. The van der Waals surface area contributed by atoms with Crippen molar-refractivity contribution >= 4 is 52.5 Å². The van der Waals surface area contributed by atoms with Crippen molar-refractivity contribution in [2.24, 2.45) is 35.5 Å². The smallest absolute Gasteiger partial charge is 0.418 e. The number of likely N-dealkylation sites (tertiary alicyclic amines) is 1. The fourth-order valence-electron chi connectivity index (χ4n) is 8.50. The third kappa shape index (κ3) is 5.64. The van der Waals surface area contributed by atoms with Crippen LogP contribution in [0, 0.1) is 35.5 Å². The Morgan fingerprint density at radius 2 is 1.71 bits per heavy atom. The lowest BCUT2D eigenvalue weighted by Gasteiger charge is -2.43. The minimum atomic E-state index is -4.67. The number of ether oxygens (including phenoxy) is 1. The molecule has 3 fully saturated rings. The third-order valence-electron chi connectivity index (χ3n) is 10.2. The number of imide groups is 1. The van der Waals surface area contributed by atoms with Crippen LogP contribution in [0.15, 0.2) is 58.4 Å². The summed E-state index contributed by atoms with van der Waals surface area (Å²) in [5.41, 5.74) is -0.749. The lowest BCUT2D eigenvalue weighted by Crippen LogP contribution is -2.47. The molecule has 258 valence electrons. The summed E-state index contributed by atoms with van der Waals surface area (Å²) in [4.78, 5) is 70.1. The number of fused-ring (bicyclic) bond motifs is 9. The number of thioether (sulfide) groups is 1. The number of carboxylic acid groups (broad SMARTS) is 1. The molecular formula is C34H32F3N3O7S2. The maximum atomic E-state index is 14.0. The topological polar surface area (TPSA) is 146 Å². The van der Waals surface area contributed by atoms with E-state index in [4.69, 9.17) is 4.74 Å². The number of aromatic nitrogens is 1. The lowest BCUT2D eigenvalue weighted by atomic mass is 9.68. The first-order chi connectivity index (χ1) is 23.3. The number of halogens is 3. The van der Waals surface area contributed by atoms with Gasteiger partial charge in [-0.3, -0.25) is 24.1 Å². The zero-order valence-electron chi connectivity index (χ0n) is 26.2. The minimum Gasteiger partial charge on any atom is -0.483 e. The van der Waals surface area contributed by atoms with Crippen LogP contribution >= 0.6 is 23.1 Å². The van der Waals surface area contributed by atoms with Gasteiger partial charge in [0.05, 0.1) is 28.1 Å². The highest BCUT2D eigenvalue weighted by atomic mass is 32.2. The molecule has 7 rings (SSSR count). The molecule has 3 amide bonds. The highest BCUT2D eigenvalue weighted by molar-refractivity contribution is 8.00. The molecule has 2 aliphatic heterocycles. The maximum Gasteiger partial charge on any atom is 0.418 e. The fourth-order valence-corrected chi connectivity index (χ4v) is 11.4. The second-order valence-corrected chi connectivity index (χ2v) is 15.6. The second kappa shape index (κ2) is 12.3. The van der Waals surface area contributed by atoms with Gasteiger partial charge in [0.1, 0.15) is 11.8 Å². The van der Waals surface area contributed by atoms with Crippen LogP contribution in [0.5, 0.6) is 5.75 Å². The number of nitrogens with zero attached hydrogens (tertiary/aromatic N) is 1. The predicted octanol–water partition coefficient (Wildman–Crippen LogP) is 5.45. The number of hydrogen-bond donors (Lipinski definition) is 3. The van der Waals surface area contributed by atoms with Crippen molar-refractivity contribution in [1.29, 1.82) is 0 Å². The summed E-state index contributed by atoms with van der Waals surface area (Å²) in [5, 5.41) is 12.8. The van der Waals surface area contributed by atoms with Gasteiger partial charge in [-0.25, -0.2) is 4.79 Å². The van der Waals surface area contributed by atoms with E-state index in [1.807, 2.05) is 13.8 Å². The van der Waals surface area contributed by atoms with Crippen molar-refractivity contribution < 1.29 is 42.2 Å². The molecule has 2 aromatic carbocycles. The van der Waals surface area contributed by atoms with Crippen molar-refractivity contribution in [1.82, 2.24) is 9.88 Å². The molecule has 2 aliphatic carbocycles. The third-order valence-corrected chi connectivity index (χ3v) is 12.8. The molecule has 10 nitrogen and oxygen atoms in total. The van der Waals surface area contributed by atoms with E-state index in [-0.39, 0.29) is 40.2 Å². The standard InChI is InChI=1S/C34H32F3N3O7S2/c1-14(2)11-20(32(44)45)40-30(42)25-16-12-17(26(25)31(40)43)27-24(16)23(28-29(48-27)39-33(46)49-28)15-7-3-6-10-21(15)47-13-22(41)38-19-9-5-4-8-18(19)34(35,36)37/h3-10,14,16-17,20,23-27H,11-13H2,1-2H3,(H,38,41)(H,39,46)(H,44,45)/t16?,17?,20?,23-,24?,25?,26?,27?/m1/s1. The first kappa shape index (κ1) is 33.4. The van der Waals surface area contributed by atoms with Crippen LogP contribution in [0.2, 0.25) is 0 Å². The van der Waals surface area contributed by atoms with Crippen LogP contribution in [0.3, 0.4) is 0 Å². The van der Waals surface area contributed by atoms with Gasteiger partial charge in [-0.05, 0) is 54.7 Å². The average Bonchev–Trinajstić information content (AvgIpc) is 3.77. The van der Waals surface area contributed by atoms with Gasteiger partial charge in [0, 0.05) is 21.6 Å². The molecule has 15 heteroatoms. The fraction of sp³-hybridized carbons (Fsp3) is 0.441. The number of aromatic amines is 1. The lowest BCUT2D eigenvalue weighted by molar-refractivity contribution is -0.156. The summed E-state index contributed by atoms with van der Waals surface area (Å²) >= 11 is 2.51. The van der Waals surface area contributed by atoms with Crippen molar-refractivity contribution in [3.05, 3.63) is 74.2 Å². The zero-order chi connectivity index (χ0) is 34.9. The molecule has 2 saturated carbocycles. The largest absolute Gasteiger partial charge is 0.483 e. The van der Waals surface area contributed by atoms with Gasteiger partial charge in [0.25, 0.3) is 5.91 Å². The Morgan fingerprint density at radius 1 is 1.04 bits per heavy atom. The normalized spacial score (nSPS) is 27.6. The Hall–Kier alpha value is -4.11. The molecule has 4 aliphatic rings. The molecule has 0 spiro atoms. The van der Waals surface area contributed by atoms with Gasteiger partial charge < -0.3 is 20.1 Å². The Kier molecular flexibility index (Phi) is 8.41. The molecule has 7 unspecified atom stereocenters. The molecule has 8 atom stereocenters. The number of rotatable bonds is 9. The molecule has 3 aromatic rings. The monoisotopic (exact) mass is 715 g/mol. The molecule has 1 saturated heterocycles. The molecule has 2 bridgehead atoms. The molecule has 3 N–H and O–H groups in total. The number of carboxylic acids is 1. The van der Waals surface area contributed by atoms with Gasteiger partial charge in [-0.1, -0.05) is 55.5 Å². The van der Waals surface area contributed by atoms with E-state index >= 15 is 0 Å². The predicted molar refractivity (Wildman–Crippen MR) is 173 cm³/mol. The number of alkyl halides is 3. The van der Waals surface area contributed by atoms with Gasteiger partial charge in [-0.2, -0.15) is 13.2 Å². The van der Waals surface area contributed by atoms with Gasteiger partial charge in [0.15, 0.2) is 6.61 Å². The summed E-state index contributed by atoms with van der Waals surface area (Å²) in [6.45, 7) is 3.08. The SMILES string of the molecule is CC(C)CC(C(=O)O)N1C(=O)C2C3CC(C2C1=O)C1C3Sc2[nH]c(=O)sc2[C@@H]1c1ccccc1OCC(=O)Nc1ccccc1C(F)(F)F. The van der Waals surface area contributed by atoms with E-state index in [0.717, 1.165) is 33.2 Å². The number of aliphatic carboxylic acids is 1. The zero-order valence-corrected chi connectivity index (χ0v) is 27.9. The summed E-state index contributed by atoms with van der Waals surface area (Å²) < 4.78 is 46.5. The number of benzene rings is 2. The highest BCUT2D eigenvalue weighted by Crippen LogP contribution is 2.69.